The number of fused-ring (bicyclic) bond motifs is 1. The van der Waals surface area contributed by atoms with Crippen molar-refractivity contribution in [3.8, 4) is 11.3 Å². The van der Waals surface area contributed by atoms with Crippen LogP contribution >= 0.6 is 15.9 Å². The first-order valence-electron chi connectivity index (χ1n) is 5.30. The first-order chi connectivity index (χ1) is 7.74. The highest BCUT2D eigenvalue weighted by atomic mass is 79.9. The summed E-state index contributed by atoms with van der Waals surface area (Å²) in [7, 11) is 0. The molecule has 0 amide bonds. The van der Waals surface area contributed by atoms with Crippen molar-refractivity contribution in [3.63, 3.8) is 0 Å². The summed E-state index contributed by atoms with van der Waals surface area (Å²) < 4.78 is 6.80. The summed E-state index contributed by atoms with van der Waals surface area (Å²) >= 11 is 3.54. The molecule has 2 aromatic rings. The number of rotatable bonds is 1. The van der Waals surface area contributed by atoms with Crippen molar-refractivity contribution in [3.05, 3.63) is 51.7 Å². The Morgan fingerprint density at radius 2 is 2.12 bits per heavy atom. The van der Waals surface area contributed by atoms with Gasteiger partial charge >= 0.3 is 0 Å². The van der Waals surface area contributed by atoms with E-state index in [-0.39, 0.29) is 0 Å². The number of furan rings is 1. The van der Waals surface area contributed by atoms with Gasteiger partial charge in [0.25, 0.3) is 0 Å². The SMILES string of the molecule is Cc1ccc(-c2cc(Br)cc3c2CC=C3)o1. The third-order valence-electron chi connectivity index (χ3n) is 2.87. The Balaban J connectivity index is 2.22. The monoisotopic (exact) mass is 274 g/mol. The molecule has 1 heterocycles. The third-order valence-corrected chi connectivity index (χ3v) is 3.33. The first kappa shape index (κ1) is 9.91. The lowest BCUT2D eigenvalue weighted by Gasteiger charge is -2.07. The maximum absolute atomic E-state index is 5.70. The van der Waals surface area contributed by atoms with E-state index < -0.39 is 0 Å². The zero-order chi connectivity index (χ0) is 11.1. The highest BCUT2D eigenvalue weighted by Crippen LogP contribution is 2.34. The van der Waals surface area contributed by atoms with Crippen molar-refractivity contribution >= 4 is 22.0 Å². The molecule has 1 aromatic heterocycles. The summed E-state index contributed by atoms with van der Waals surface area (Å²) in [5.74, 6) is 1.91. The molecule has 0 unspecified atom stereocenters. The number of allylic oxidation sites excluding steroid dienone is 1. The number of benzene rings is 1. The van der Waals surface area contributed by atoms with Gasteiger partial charge in [-0.2, -0.15) is 0 Å². The van der Waals surface area contributed by atoms with Crippen molar-refractivity contribution in [2.45, 2.75) is 13.3 Å². The predicted octanol–water partition coefficient (Wildman–Crippen LogP) is 4.59. The molecule has 1 aliphatic carbocycles. The Hall–Kier alpha value is -1.28. The van der Waals surface area contributed by atoms with E-state index in [2.05, 4.69) is 40.2 Å². The lowest BCUT2D eigenvalue weighted by molar-refractivity contribution is 0.548. The Morgan fingerprint density at radius 1 is 1.25 bits per heavy atom. The number of aryl methyl sites for hydroxylation is 1. The van der Waals surface area contributed by atoms with E-state index in [1.807, 2.05) is 19.1 Å². The van der Waals surface area contributed by atoms with E-state index in [9.17, 15) is 0 Å². The third kappa shape index (κ3) is 1.54. The Morgan fingerprint density at radius 3 is 2.88 bits per heavy atom. The van der Waals surface area contributed by atoms with Gasteiger partial charge in [0.1, 0.15) is 11.5 Å². The normalized spacial score (nSPS) is 13.1. The summed E-state index contributed by atoms with van der Waals surface area (Å²) in [5.41, 5.74) is 3.85. The minimum atomic E-state index is 0.953. The van der Waals surface area contributed by atoms with Crippen LogP contribution < -0.4 is 0 Å². The summed E-state index contributed by atoms with van der Waals surface area (Å²) in [5, 5.41) is 0. The Bertz CT molecular complexity index is 578. The van der Waals surface area contributed by atoms with Gasteiger partial charge in [-0.1, -0.05) is 28.1 Å². The van der Waals surface area contributed by atoms with Crippen LogP contribution in [-0.2, 0) is 6.42 Å². The van der Waals surface area contributed by atoms with Crippen LogP contribution in [0.15, 0.2) is 39.2 Å². The van der Waals surface area contributed by atoms with Crippen LogP contribution in [0.5, 0.6) is 0 Å². The van der Waals surface area contributed by atoms with Crippen LogP contribution in [0.4, 0.5) is 0 Å². The number of hydrogen-bond acceptors (Lipinski definition) is 1. The highest BCUT2D eigenvalue weighted by Gasteiger charge is 2.15. The number of halogens is 1. The van der Waals surface area contributed by atoms with Gasteiger partial charge in [0, 0.05) is 10.0 Å². The zero-order valence-electron chi connectivity index (χ0n) is 8.96. The maximum atomic E-state index is 5.70. The van der Waals surface area contributed by atoms with Crippen molar-refractivity contribution in [1.82, 2.24) is 0 Å². The average Bonchev–Trinajstić information content (AvgIpc) is 2.84. The van der Waals surface area contributed by atoms with Crippen LogP contribution in [0.2, 0.25) is 0 Å². The van der Waals surface area contributed by atoms with Gasteiger partial charge in [-0.05, 0) is 48.7 Å². The molecule has 1 aliphatic rings. The quantitative estimate of drug-likeness (QED) is 0.742. The van der Waals surface area contributed by atoms with Crippen molar-refractivity contribution in [1.29, 1.82) is 0 Å². The molecule has 0 saturated carbocycles. The fraction of sp³-hybridized carbons (Fsp3) is 0.143. The van der Waals surface area contributed by atoms with E-state index in [1.165, 1.54) is 16.7 Å². The molecule has 0 bridgehead atoms. The fourth-order valence-corrected chi connectivity index (χ4v) is 2.61. The summed E-state index contributed by atoms with van der Waals surface area (Å²) in [6.07, 6.45) is 5.35. The maximum Gasteiger partial charge on any atom is 0.134 e. The van der Waals surface area contributed by atoms with E-state index in [4.69, 9.17) is 4.42 Å². The van der Waals surface area contributed by atoms with Gasteiger partial charge in [0.2, 0.25) is 0 Å². The molecule has 1 nitrogen and oxygen atoms in total. The minimum Gasteiger partial charge on any atom is -0.461 e. The van der Waals surface area contributed by atoms with E-state index in [1.54, 1.807) is 0 Å². The molecule has 16 heavy (non-hydrogen) atoms. The molecule has 80 valence electrons. The minimum absolute atomic E-state index is 0.953. The van der Waals surface area contributed by atoms with Crippen LogP contribution in [0.25, 0.3) is 17.4 Å². The van der Waals surface area contributed by atoms with E-state index in [0.717, 1.165) is 22.4 Å². The van der Waals surface area contributed by atoms with E-state index >= 15 is 0 Å². The second-order valence-corrected chi connectivity index (χ2v) is 4.95. The van der Waals surface area contributed by atoms with Crippen molar-refractivity contribution < 1.29 is 4.42 Å². The van der Waals surface area contributed by atoms with E-state index in [0.29, 0.717) is 0 Å². The fourth-order valence-electron chi connectivity index (χ4n) is 2.14. The van der Waals surface area contributed by atoms with Crippen molar-refractivity contribution in [2.75, 3.05) is 0 Å². The molecular weight excluding hydrogens is 264 g/mol. The molecule has 0 fully saturated rings. The smallest absolute Gasteiger partial charge is 0.134 e. The second-order valence-electron chi connectivity index (χ2n) is 4.04. The largest absolute Gasteiger partial charge is 0.461 e. The van der Waals surface area contributed by atoms with Crippen LogP contribution in [0, 0.1) is 6.92 Å². The molecule has 0 aliphatic heterocycles. The molecule has 0 N–H and O–H groups in total. The van der Waals surface area contributed by atoms with Gasteiger partial charge in [0.15, 0.2) is 0 Å². The lowest BCUT2D eigenvalue weighted by Crippen LogP contribution is -1.88. The summed E-state index contributed by atoms with van der Waals surface area (Å²) in [6, 6.07) is 8.32. The molecule has 1 aromatic carbocycles. The predicted molar refractivity (Wildman–Crippen MR) is 69.3 cm³/mol. The second kappa shape index (κ2) is 3.63. The van der Waals surface area contributed by atoms with Gasteiger partial charge in [-0.3, -0.25) is 0 Å². The summed E-state index contributed by atoms with van der Waals surface area (Å²) in [6.45, 7) is 1.97. The molecule has 0 spiro atoms. The van der Waals surface area contributed by atoms with Gasteiger partial charge in [0.05, 0.1) is 0 Å². The molecule has 3 rings (SSSR count). The van der Waals surface area contributed by atoms with Gasteiger partial charge in [-0.25, -0.2) is 0 Å². The average molecular weight is 275 g/mol. The highest BCUT2D eigenvalue weighted by molar-refractivity contribution is 9.10. The molecule has 0 atom stereocenters. The van der Waals surface area contributed by atoms with Gasteiger partial charge in [-0.15, -0.1) is 0 Å². The Kier molecular flexibility index (Phi) is 2.25. The topological polar surface area (TPSA) is 13.1 Å². The number of hydrogen-bond donors (Lipinski definition) is 0. The Labute approximate surface area is 103 Å². The standard InChI is InChI=1S/C14H11BrO/c1-9-5-6-14(16-9)13-8-11(15)7-10-3-2-4-12(10)13/h2-3,5-8H,4H2,1H3. The van der Waals surface area contributed by atoms with Crippen LogP contribution in [-0.4, -0.2) is 0 Å². The lowest BCUT2D eigenvalue weighted by atomic mass is 10.0. The summed E-state index contributed by atoms with van der Waals surface area (Å²) in [4.78, 5) is 0. The van der Waals surface area contributed by atoms with Crippen LogP contribution in [0.1, 0.15) is 16.9 Å². The molecule has 2 heteroatoms. The van der Waals surface area contributed by atoms with Crippen LogP contribution in [0.3, 0.4) is 0 Å². The molecular formula is C14H11BrO. The van der Waals surface area contributed by atoms with Crippen molar-refractivity contribution in [2.24, 2.45) is 0 Å². The zero-order valence-corrected chi connectivity index (χ0v) is 10.5. The first-order valence-corrected chi connectivity index (χ1v) is 6.09. The molecule has 0 radical (unpaired) electrons. The van der Waals surface area contributed by atoms with Gasteiger partial charge < -0.3 is 4.42 Å². The molecule has 0 saturated heterocycles.